The van der Waals surface area contributed by atoms with Crippen molar-refractivity contribution in [3.8, 4) is 5.75 Å². The molecule has 2 aromatic rings. The fourth-order valence-electron chi connectivity index (χ4n) is 1.81. The highest BCUT2D eigenvalue weighted by atomic mass is 16.6. The maximum absolute atomic E-state index is 10.7. The molecule has 0 bridgehead atoms. The highest BCUT2D eigenvalue weighted by Gasteiger charge is 2.15. The molecule has 0 heterocycles. The minimum atomic E-state index is -0.618. The highest BCUT2D eigenvalue weighted by molar-refractivity contribution is 5.85. The van der Waals surface area contributed by atoms with Crippen molar-refractivity contribution in [3.63, 3.8) is 0 Å². The van der Waals surface area contributed by atoms with E-state index in [9.17, 15) is 15.2 Å². The van der Waals surface area contributed by atoms with Crippen LogP contribution in [0.2, 0.25) is 0 Å². The number of para-hydroxylation sites is 1. The Morgan fingerprint density at radius 2 is 1.90 bits per heavy atom. The normalized spacial score (nSPS) is 12.4. The van der Waals surface area contributed by atoms with Gasteiger partial charge in [-0.2, -0.15) is 0 Å². The van der Waals surface area contributed by atoms with Crippen LogP contribution in [0.5, 0.6) is 5.75 Å². The molecular formula is C15H14N2O3. The number of phenols is 1. The summed E-state index contributed by atoms with van der Waals surface area (Å²) in [6.07, 6.45) is 1.46. The zero-order valence-electron chi connectivity index (χ0n) is 10.9. The van der Waals surface area contributed by atoms with Crippen molar-refractivity contribution < 1.29 is 10.0 Å². The van der Waals surface area contributed by atoms with Crippen LogP contribution in [0, 0.1) is 10.1 Å². The number of aromatic hydroxyl groups is 1. The SMILES string of the molecule is C[C@@H](N=Cc1cccc([N+](=O)[O-])c1O)c1ccccc1. The van der Waals surface area contributed by atoms with Crippen molar-refractivity contribution in [2.75, 3.05) is 0 Å². The molecule has 0 unspecified atom stereocenters. The molecule has 2 aromatic carbocycles. The minimum absolute atomic E-state index is 0.0881. The largest absolute Gasteiger partial charge is 0.502 e. The first-order chi connectivity index (χ1) is 9.59. The summed E-state index contributed by atoms with van der Waals surface area (Å²) in [6.45, 7) is 1.92. The standard InChI is InChI=1S/C15H14N2O3/c1-11(12-6-3-2-4-7-12)16-10-13-8-5-9-14(15(13)18)17(19)20/h2-11,18H,1H3/t11-/m1/s1. The van der Waals surface area contributed by atoms with Crippen LogP contribution < -0.4 is 0 Å². The maximum Gasteiger partial charge on any atom is 0.311 e. The van der Waals surface area contributed by atoms with Crippen LogP contribution in [0.4, 0.5) is 5.69 Å². The minimum Gasteiger partial charge on any atom is -0.502 e. The molecule has 0 saturated carbocycles. The van der Waals surface area contributed by atoms with Gasteiger partial charge in [0.15, 0.2) is 0 Å². The summed E-state index contributed by atoms with van der Waals surface area (Å²) in [7, 11) is 0. The first-order valence-corrected chi connectivity index (χ1v) is 6.14. The molecule has 0 aromatic heterocycles. The Bertz CT molecular complexity index is 639. The van der Waals surface area contributed by atoms with E-state index in [0.717, 1.165) is 5.56 Å². The first kappa shape index (κ1) is 13.7. The molecule has 0 aliphatic heterocycles. The Morgan fingerprint density at radius 3 is 2.55 bits per heavy atom. The van der Waals surface area contributed by atoms with Gasteiger partial charge in [0.05, 0.1) is 11.0 Å². The van der Waals surface area contributed by atoms with Crippen LogP contribution in [-0.4, -0.2) is 16.2 Å². The van der Waals surface area contributed by atoms with Crippen molar-refractivity contribution in [1.29, 1.82) is 0 Å². The number of benzene rings is 2. The van der Waals surface area contributed by atoms with Gasteiger partial charge in [0.1, 0.15) is 0 Å². The quantitative estimate of drug-likeness (QED) is 0.525. The molecule has 0 radical (unpaired) electrons. The summed E-state index contributed by atoms with van der Waals surface area (Å²) in [4.78, 5) is 14.4. The van der Waals surface area contributed by atoms with Gasteiger partial charge in [-0.3, -0.25) is 15.1 Å². The lowest BCUT2D eigenvalue weighted by Gasteiger charge is -2.06. The molecule has 0 amide bonds. The number of aliphatic imine (C=N–C) groups is 1. The van der Waals surface area contributed by atoms with Gasteiger partial charge in [-0.15, -0.1) is 0 Å². The molecule has 0 saturated heterocycles. The fraction of sp³-hybridized carbons (Fsp3) is 0.133. The van der Waals surface area contributed by atoms with Crippen LogP contribution in [0.1, 0.15) is 24.1 Å². The van der Waals surface area contributed by atoms with E-state index in [1.165, 1.54) is 18.3 Å². The maximum atomic E-state index is 10.7. The van der Waals surface area contributed by atoms with E-state index in [1.807, 2.05) is 37.3 Å². The lowest BCUT2D eigenvalue weighted by atomic mass is 10.1. The molecule has 0 spiro atoms. The van der Waals surface area contributed by atoms with E-state index in [4.69, 9.17) is 0 Å². The number of phenolic OH excluding ortho intramolecular Hbond substituents is 1. The third kappa shape index (κ3) is 3.00. The van der Waals surface area contributed by atoms with E-state index in [-0.39, 0.29) is 17.5 Å². The molecule has 2 rings (SSSR count). The molecule has 0 fully saturated rings. The number of hydrogen-bond acceptors (Lipinski definition) is 4. The predicted molar refractivity (Wildman–Crippen MR) is 77.2 cm³/mol. The van der Waals surface area contributed by atoms with E-state index < -0.39 is 4.92 Å². The fourth-order valence-corrected chi connectivity index (χ4v) is 1.81. The van der Waals surface area contributed by atoms with Gasteiger partial charge in [0.2, 0.25) is 5.75 Å². The molecule has 0 aliphatic carbocycles. The van der Waals surface area contributed by atoms with Gasteiger partial charge in [-0.1, -0.05) is 36.4 Å². The van der Waals surface area contributed by atoms with Gasteiger partial charge in [-0.25, -0.2) is 0 Å². The predicted octanol–water partition coefficient (Wildman–Crippen LogP) is 3.48. The molecule has 20 heavy (non-hydrogen) atoms. The molecule has 5 heteroatoms. The van der Waals surface area contributed by atoms with Crippen molar-refractivity contribution in [2.45, 2.75) is 13.0 Å². The monoisotopic (exact) mass is 270 g/mol. The summed E-state index contributed by atoms with van der Waals surface area (Å²) >= 11 is 0. The Balaban J connectivity index is 2.24. The summed E-state index contributed by atoms with van der Waals surface area (Å²) in [5, 5.41) is 20.5. The Kier molecular flexibility index (Phi) is 4.10. The molecular weight excluding hydrogens is 256 g/mol. The van der Waals surface area contributed by atoms with Gasteiger partial charge in [0, 0.05) is 17.8 Å². The number of hydrogen-bond donors (Lipinski definition) is 1. The van der Waals surface area contributed by atoms with Crippen LogP contribution in [0.3, 0.4) is 0 Å². The average molecular weight is 270 g/mol. The smallest absolute Gasteiger partial charge is 0.311 e. The summed E-state index contributed by atoms with van der Waals surface area (Å²) < 4.78 is 0. The molecule has 1 N–H and O–H groups in total. The molecule has 1 atom stereocenters. The van der Waals surface area contributed by atoms with Crippen molar-refractivity contribution in [3.05, 3.63) is 69.8 Å². The molecule has 0 aliphatic rings. The average Bonchev–Trinajstić information content (AvgIpc) is 2.46. The van der Waals surface area contributed by atoms with Crippen LogP contribution >= 0.6 is 0 Å². The zero-order chi connectivity index (χ0) is 14.5. The van der Waals surface area contributed by atoms with Crippen LogP contribution in [-0.2, 0) is 0 Å². The molecule has 102 valence electrons. The van der Waals surface area contributed by atoms with Gasteiger partial charge in [0.25, 0.3) is 0 Å². The van der Waals surface area contributed by atoms with E-state index in [2.05, 4.69) is 4.99 Å². The van der Waals surface area contributed by atoms with Gasteiger partial charge >= 0.3 is 5.69 Å². The van der Waals surface area contributed by atoms with Gasteiger partial charge in [-0.05, 0) is 18.6 Å². The summed E-state index contributed by atoms with van der Waals surface area (Å²) in [5.41, 5.74) is 1.05. The number of nitrogens with zero attached hydrogens (tertiary/aromatic N) is 2. The Hall–Kier alpha value is -2.69. The second kappa shape index (κ2) is 5.97. The second-order valence-corrected chi connectivity index (χ2v) is 4.34. The van der Waals surface area contributed by atoms with Crippen molar-refractivity contribution in [1.82, 2.24) is 0 Å². The lowest BCUT2D eigenvalue weighted by Crippen LogP contribution is -1.94. The Labute approximate surface area is 116 Å². The topological polar surface area (TPSA) is 75.7 Å². The summed E-state index contributed by atoms with van der Waals surface area (Å²) in [5.74, 6) is -0.360. The first-order valence-electron chi connectivity index (χ1n) is 6.14. The van der Waals surface area contributed by atoms with Gasteiger partial charge < -0.3 is 5.11 Å². The summed E-state index contributed by atoms with van der Waals surface area (Å²) in [6, 6.07) is 14.0. The van der Waals surface area contributed by atoms with E-state index in [1.54, 1.807) is 6.07 Å². The number of nitro groups is 1. The third-order valence-corrected chi connectivity index (χ3v) is 2.96. The van der Waals surface area contributed by atoms with Crippen LogP contribution in [0.25, 0.3) is 0 Å². The van der Waals surface area contributed by atoms with Crippen molar-refractivity contribution in [2.24, 2.45) is 4.99 Å². The van der Waals surface area contributed by atoms with Crippen molar-refractivity contribution >= 4 is 11.9 Å². The highest BCUT2D eigenvalue weighted by Crippen LogP contribution is 2.28. The third-order valence-electron chi connectivity index (χ3n) is 2.96. The molecule has 5 nitrogen and oxygen atoms in total. The number of rotatable bonds is 4. The zero-order valence-corrected chi connectivity index (χ0v) is 10.9. The second-order valence-electron chi connectivity index (χ2n) is 4.34. The van der Waals surface area contributed by atoms with E-state index in [0.29, 0.717) is 5.56 Å². The lowest BCUT2D eigenvalue weighted by molar-refractivity contribution is -0.385. The van der Waals surface area contributed by atoms with E-state index >= 15 is 0 Å². The number of nitro benzene ring substituents is 1. The Morgan fingerprint density at radius 1 is 1.20 bits per heavy atom. The van der Waals surface area contributed by atoms with Crippen LogP contribution in [0.15, 0.2) is 53.5 Å².